The van der Waals surface area contributed by atoms with Crippen LogP contribution in [0.2, 0.25) is 0 Å². The van der Waals surface area contributed by atoms with E-state index in [-0.39, 0.29) is 18.0 Å². The van der Waals surface area contributed by atoms with E-state index in [0.29, 0.717) is 32.2 Å². The maximum absolute atomic E-state index is 12.9. The van der Waals surface area contributed by atoms with Gasteiger partial charge in [-0.1, -0.05) is 204 Å². The number of carboxylic acids is 1. The van der Waals surface area contributed by atoms with Crippen molar-refractivity contribution < 1.29 is 24.2 Å². The summed E-state index contributed by atoms with van der Waals surface area (Å²) in [5, 5.41) is 12.0. The van der Waals surface area contributed by atoms with Gasteiger partial charge in [0.25, 0.3) is 0 Å². The molecule has 64 heavy (non-hydrogen) atoms. The third kappa shape index (κ3) is 47.5. The highest BCUT2D eigenvalue weighted by Gasteiger charge is 2.19. The average Bonchev–Trinajstić information content (AvgIpc) is 3.28. The number of rotatable bonds is 51. The first-order chi connectivity index (χ1) is 31.4. The molecule has 0 radical (unpaired) electrons. The maximum Gasteiger partial charge on any atom is 0.326 e. The van der Waals surface area contributed by atoms with E-state index in [1.54, 1.807) is 0 Å². The van der Waals surface area contributed by atoms with Crippen LogP contribution in [0, 0.1) is 0 Å². The number of allylic oxidation sites excluding steroid dienone is 6. The Bertz CT molecular complexity index is 1100. The lowest BCUT2D eigenvalue weighted by molar-refractivity contribution is -0.150. The summed E-state index contributed by atoms with van der Waals surface area (Å²) >= 11 is 0. The lowest BCUT2D eigenvalue weighted by Gasteiger charge is -2.18. The zero-order valence-electron chi connectivity index (χ0n) is 42.4. The van der Waals surface area contributed by atoms with Gasteiger partial charge in [-0.25, -0.2) is 4.79 Å². The van der Waals surface area contributed by atoms with Crippen LogP contribution in [0.5, 0.6) is 0 Å². The molecule has 0 aromatic carbocycles. The first-order valence-corrected chi connectivity index (χ1v) is 27.8. The molecule has 7 heteroatoms. The van der Waals surface area contributed by atoms with E-state index < -0.39 is 12.0 Å². The Balaban J connectivity index is 4.24. The topological polar surface area (TPSA) is 119 Å². The maximum atomic E-state index is 12.9. The van der Waals surface area contributed by atoms with Gasteiger partial charge in [0, 0.05) is 12.8 Å². The van der Waals surface area contributed by atoms with Gasteiger partial charge in [0.1, 0.15) is 12.1 Å². The Morgan fingerprint density at radius 1 is 0.453 bits per heavy atom. The third-order valence-corrected chi connectivity index (χ3v) is 12.7. The predicted octanol–water partition coefficient (Wildman–Crippen LogP) is 16.9. The van der Waals surface area contributed by atoms with Gasteiger partial charge in [0.15, 0.2) is 0 Å². The largest absolute Gasteiger partial charge is 0.480 e. The fourth-order valence-corrected chi connectivity index (χ4v) is 8.48. The van der Waals surface area contributed by atoms with Crippen LogP contribution >= 0.6 is 0 Å². The summed E-state index contributed by atoms with van der Waals surface area (Å²) in [7, 11) is 0. The molecule has 1 amide bonds. The molecule has 2 unspecified atom stereocenters. The number of carboxylic acid groups (broad SMARTS) is 1. The van der Waals surface area contributed by atoms with E-state index in [1.165, 1.54) is 167 Å². The molecule has 7 nitrogen and oxygen atoms in total. The molecule has 0 rings (SSSR count). The number of hydrogen-bond acceptors (Lipinski definition) is 5. The highest BCUT2D eigenvalue weighted by molar-refractivity contribution is 5.83. The molecular weight excluding hydrogens is 793 g/mol. The molecular formula is C57H106N2O5. The average molecular weight is 899 g/mol. The predicted molar refractivity (Wildman–Crippen MR) is 276 cm³/mol. The minimum absolute atomic E-state index is 0.0107. The lowest BCUT2D eigenvalue weighted by Crippen LogP contribution is -2.40. The number of hydrogen-bond donors (Lipinski definition) is 3. The van der Waals surface area contributed by atoms with Gasteiger partial charge >= 0.3 is 11.9 Å². The number of ether oxygens (including phenoxy) is 1. The highest BCUT2D eigenvalue weighted by atomic mass is 16.5. The van der Waals surface area contributed by atoms with Crippen molar-refractivity contribution in [2.75, 3.05) is 6.54 Å². The van der Waals surface area contributed by atoms with E-state index in [4.69, 9.17) is 10.5 Å². The van der Waals surface area contributed by atoms with Gasteiger partial charge in [-0.2, -0.15) is 0 Å². The second kappa shape index (κ2) is 51.6. The van der Waals surface area contributed by atoms with Gasteiger partial charge in [-0.05, 0) is 116 Å². The van der Waals surface area contributed by atoms with Gasteiger partial charge in [0.05, 0.1) is 0 Å². The summed E-state index contributed by atoms with van der Waals surface area (Å²) in [6.45, 7) is 4.96. The van der Waals surface area contributed by atoms with Crippen LogP contribution in [0.3, 0.4) is 0 Å². The van der Waals surface area contributed by atoms with Crippen LogP contribution in [0.1, 0.15) is 290 Å². The quantitative estimate of drug-likeness (QED) is 0.0318. The standard InChI is InChI=1S/C57H106N2O5/c1-3-5-7-9-11-13-15-17-19-20-21-22-23-24-25-26-28-30-32-34-36-41-45-51-56(61)64-53(47-42-38-35-33-31-29-27-18-16-14-12-10-8-6-4-2)48-43-39-37-40-44-50-55(60)59-54(57(62)63)49-46-52-58/h16,18,20-21,29,31,53-54H,3-15,17,19,22-28,30,32-52,58H2,1-2H3,(H,59,60)(H,62,63)/b18-16-,21-20-,31-29-. The highest BCUT2D eigenvalue weighted by Crippen LogP contribution is 2.19. The summed E-state index contributed by atoms with van der Waals surface area (Å²) < 4.78 is 6.09. The first-order valence-electron chi connectivity index (χ1n) is 27.8. The van der Waals surface area contributed by atoms with Crippen molar-refractivity contribution in [3.8, 4) is 0 Å². The van der Waals surface area contributed by atoms with Gasteiger partial charge in [-0.3, -0.25) is 9.59 Å². The molecule has 0 aromatic rings. The number of unbranched alkanes of at least 4 members (excludes halogenated alkanes) is 31. The summed E-state index contributed by atoms with van der Waals surface area (Å²) in [6, 6.07) is -0.860. The molecule has 374 valence electrons. The molecule has 0 heterocycles. The first kappa shape index (κ1) is 61.6. The minimum Gasteiger partial charge on any atom is -0.480 e. The molecule has 0 saturated heterocycles. The number of aliphatic carboxylic acids is 1. The number of carbonyl (C=O) groups excluding carboxylic acids is 2. The summed E-state index contributed by atoms with van der Waals surface area (Å²) in [5.41, 5.74) is 5.51. The molecule has 4 N–H and O–H groups in total. The number of carbonyl (C=O) groups is 3. The minimum atomic E-state index is -1.00. The van der Waals surface area contributed by atoms with Crippen molar-refractivity contribution in [2.24, 2.45) is 5.73 Å². The van der Waals surface area contributed by atoms with Crippen LogP contribution in [0.25, 0.3) is 0 Å². The Labute approximate surface area is 396 Å². The molecule has 0 fully saturated rings. The van der Waals surface area contributed by atoms with Crippen LogP contribution in [-0.4, -0.2) is 41.6 Å². The normalized spacial score (nSPS) is 12.8. The molecule has 0 saturated carbocycles. The smallest absolute Gasteiger partial charge is 0.326 e. The van der Waals surface area contributed by atoms with E-state index >= 15 is 0 Å². The third-order valence-electron chi connectivity index (χ3n) is 12.7. The molecule has 0 aliphatic rings. The number of amides is 1. The lowest BCUT2D eigenvalue weighted by atomic mass is 10.0. The SMILES string of the molecule is CCCCCCC/C=C\C/C=C\CCCCCC(CCCCCCCC(=O)NC(CCCN)C(=O)O)OC(=O)CCCCCCCCCCCCC/C=C\CCCCCCCCCC. The van der Waals surface area contributed by atoms with Crippen molar-refractivity contribution in [3.63, 3.8) is 0 Å². The molecule has 2 atom stereocenters. The number of nitrogens with two attached hydrogens (primary N) is 1. The Morgan fingerprint density at radius 3 is 1.23 bits per heavy atom. The van der Waals surface area contributed by atoms with Crippen LogP contribution in [0.4, 0.5) is 0 Å². The summed E-state index contributed by atoms with van der Waals surface area (Å²) in [5.74, 6) is -1.24. The van der Waals surface area contributed by atoms with Gasteiger partial charge in [-0.15, -0.1) is 0 Å². The van der Waals surface area contributed by atoms with Crippen LogP contribution in [0.15, 0.2) is 36.5 Å². The van der Waals surface area contributed by atoms with Crippen LogP contribution < -0.4 is 11.1 Å². The zero-order chi connectivity index (χ0) is 46.7. The number of nitrogens with one attached hydrogen (secondary N) is 1. The van der Waals surface area contributed by atoms with E-state index in [2.05, 4.69) is 55.6 Å². The Kier molecular flexibility index (Phi) is 49.6. The van der Waals surface area contributed by atoms with E-state index in [9.17, 15) is 19.5 Å². The van der Waals surface area contributed by atoms with Crippen LogP contribution in [-0.2, 0) is 19.1 Å². The van der Waals surface area contributed by atoms with Crippen molar-refractivity contribution in [3.05, 3.63) is 36.5 Å². The fraction of sp³-hybridized carbons (Fsp3) is 0.842. The van der Waals surface area contributed by atoms with Crippen molar-refractivity contribution in [2.45, 2.75) is 302 Å². The monoisotopic (exact) mass is 899 g/mol. The summed E-state index contributed by atoms with van der Waals surface area (Å²) in [6.07, 6.45) is 63.6. The zero-order valence-corrected chi connectivity index (χ0v) is 42.4. The number of esters is 1. The molecule has 0 aliphatic carbocycles. The Hall–Kier alpha value is -2.41. The van der Waals surface area contributed by atoms with Gasteiger partial charge < -0.3 is 20.9 Å². The second-order valence-corrected chi connectivity index (χ2v) is 19.0. The van der Waals surface area contributed by atoms with Crippen molar-refractivity contribution >= 4 is 17.8 Å². The second-order valence-electron chi connectivity index (χ2n) is 19.0. The molecule has 0 spiro atoms. The molecule has 0 aliphatic heterocycles. The van der Waals surface area contributed by atoms with Crippen molar-refractivity contribution in [1.82, 2.24) is 5.32 Å². The van der Waals surface area contributed by atoms with Gasteiger partial charge in [0.2, 0.25) is 5.91 Å². The Morgan fingerprint density at radius 2 is 0.812 bits per heavy atom. The summed E-state index contributed by atoms with van der Waals surface area (Å²) in [4.78, 5) is 36.6. The van der Waals surface area contributed by atoms with E-state index in [0.717, 1.165) is 83.5 Å². The van der Waals surface area contributed by atoms with E-state index in [1.807, 2.05) is 0 Å². The molecule has 0 aromatic heterocycles. The fourth-order valence-electron chi connectivity index (χ4n) is 8.48. The molecule has 0 bridgehead atoms. The van der Waals surface area contributed by atoms with Crippen molar-refractivity contribution in [1.29, 1.82) is 0 Å².